The fourth-order valence-electron chi connectivity index (χ4n) is 2.46. The van der Waals surface area contributed by atoms with Crippen molar-refractivity contribution in [3.63, 3.8) is 0 Å². The van der Waals surface area contributed by atoms with Gasteiger partial charge in [0, 0.05) is 17.1 Å². The number of para-hydroxylation sites is 1. The number of hydrogen-bond donors (Lipinski definition) is 2. The Morgan fingerprint density at radius 1 is 1.21 bits per heavy atom. The van der Waals surface area contributed by atoms with Gasteiger partial charge in [0.15, 0.2) is 0 Å². The molecule has 0 aliphatic carbocycles. The van der Waals surface area contributed by atoms with Crippen molar-refractivity contribution >= 4 is 16.8 Å². The topological polar surface area (TPSA) is 88.5 Å². The Bertz CT molecular complexity index is 955. The molecule has 118 valence electrons. The molecule has 3 aromatic heterocycles. The van der Waals surface area contributed by atoms with Crippen molar-refractivity contribution in [2.75, 3.05) is 0 Å². The van der Waals surface area contributed by atoms with E-state index in [0.717, 1.165) is 16.6 Å². The number of nitrogens with zero attached hydrogens (tertiary/aromatic N) is 4. The summed E-state index contributed by atoms with van der Waals surface area (Å²) in [7, 11) is 0. The first-order valence-corrected chi connectivity index (χ1v) is 7.47. The molecule has 0 saturated heterocycles. The van der Waals surface area contributed by atoms with Gasteiger partial charge in [-0.25, -0.2) is 4.68 Å². The predicted octanol–water partition coefficient (Wildman–Crippen LogP) is 2.07. The fraction of sp³-hybridized carbons (Fsp3) is 0.0588. The highest BCUT2D eigenvalue weighted by Gasteiger charge is 2.10. The van der Waals surface area contributed by atoms with Crippen LogP contribution >= 0.6 is 0 Å². The van der Waals surface area contributed by atoms with Crippen LogP contribution in [0.2, 0.25) is 0 Å². The Hall–Kier alpha value is -3.48. The monoisotopic (exact) mass is 318 g/mol. The maximum atomic E-state index is 12.3. The highest BCUT2D eigenvalue weighted by Crippen LogP contribution is 2.14. The summed E-state index contributed by atoms with van der Waals surface area (Å²) in [6, 6.07) is 13.3. The molecule has 7 nitrogen and oxygen atoms in total. The van der Waals surface area contributed by atoms with Crippen molar-refractivity contribution < 1.29 is 4.79 Å². The first-order valence-electron chi connectivity index (χ1n) is 7.47. The van der Waals surface area contributed by atoms with Gasteiger partial charge in [0.05, 0.1) is 24.6 Å². The molecule has 3 heterocycles. The van der Waals surface area contributed by atoms with Gasteiger partial charge in [-0.15, -0.1) is 5.10 Å². The third kappa shape index (κ3) is 2.74. The van der Waals surface area contributed by atoms with E-state index in [9.17, 15) is 4.79 Å². The molecule has 0 spiro atoms. The van der Waals surface area contributed by atoms with E-state index in [2.05, 4.69) is 25.6 Å². The number of fused-ring (bicyclic) bond motifs is 1. The van der Waals surface area contributed by atoms with Crippen molar-refractivity contribution in [3.8, 4) is 5.69 Å². The highest BCUT2D eigenvalue weighted by molar-refractivity contribution is 5.97. The van der Waals surface area contributed by atoms with Gasteiger partial charge in [0.1, 0.15) is 11.4 Å². The van der Waals surface area contributed by atoms with E-state index < -0.39 is 0 Å². The number of nitrogens with one attached hydrogen (secondary N) is 2. The number of rotatable bonds is 4. The predicted molar refractivity (Wildman–Crippen MR) is 88.6 cm³/mol. The van der Waals surface area contributed by atoms with Crippen LogP contribution in [0, 0.1) is 0 Å². The molecular weight excluding hydrogens is 304 g/mol. The van der Waals surface area contributed by atoms with Gasteiger partial charge >= 0.3 is 0 Å². The zero-order chi connectivity index (χ0) is 16.4. The van der Waals surface area contributed by atoms with Crippen LogP contribution in [-0.2, 0) is 6.54 Å². The number of carbonyl (C=O) groups is 1. The largest absolute Gasteiger partial charge is 0.351 e. The second-order valence-corrected chi connectivity index (χ2v) is 5.32. The Kier molecular flexibility index (Phi) is 3.51. The lowest BCUT2D eigenvalue weighted by atomic mass is 10.2. The maximum absolute atomic E-state index is 12.3. The normalized spacial score (nSPS) is 10.8. The third-order valence-electron chi connectivity index (χ3n) is 3.66. The van der Waals surface area contributed by atoms with E-state index in [4.69, 9.17) is 0 Å². The van der Waals surface area contributed by atoms with Gasteiger partial charge in [-0.2, -0.15) is 0 Å². The smallest absolute Gasteiger partial charge is 0.268 e. The number of H-pyrrole nitrogens is 1. The minimum absolute atomic E-state index is 0.179. The van der Waals surface area contributed by atoms with Crippen molar-refractivity contribution in [1.82, 2.24) is 30.3 Å². The summed E-state index contributed by atoms with van der Waals surface area (Å²) >= 11 is 0. The molecule has 0 atom stereocenters. The molecule has 4 rings (SSSR count). The summed E-state index contributed by atoms with van der Waals surface area (Å²) in [4.78, 5) is 19.4. The lowest BCUT2D eigenvalue weighted by Gasteiger charge is -2.00. The summed E-state index contributed by atoms with van der Waals surface area (Å²) in [6.45, 7) is 0.300. The Balaban J connectivity index is 1.45. The van der Waals surface area contributed by atoms with Gasteiger partial charge in [-0.1, -0.05) is 23.4 Å². The van der Waals surface area contributed by atoms with Crippen molar-refractivity contribution in [2.45, 2.75) is 6.54 Å². The van der Waals surface area contributed by atoms with E-state index in [-0.39, 0.29) is 5.91 Å². The SMILES string of the molecule is O=C(NCc1cn(-c2cccnc2)nn1)c1cc2ccccc2[nH]1. The average Bonchev–Trinajstić information content (AvgIpc) is 3.27. The Labute approximate surface area is 137 Å². The molecule has 1 amide bonds. The number of aromatic nitrogens is 5. The zero-order valence-electron chi connectivity index (χ0n) is 12.7. The summed E-state index contributed by atoms with van der Waals surface area (Å²) in [5.41, 5.74) is 2.95. The summed E-state index contributed by atoms with van der Waals surface area (Å²) in [5.74, 6) is -0.179. The number of amides is 1. The summed E-state index contributed by atoms with van der Waals surface area (Å²) in [6.07, 6.45) is 5.16. The molecule has 7 heteroatoms. The number of benzene rings is 1. The lowest BCUT2D eigenvalue weighted by molar-refractivity contribution is 0.0946. The minimum atomic E-state index is -0.179. The second-order valence-electron chi connectivity index (χ2n) is 5.32. The maximum Gasteiger partial charge on any atom is 0.268 e. The van der Waals surface area contributed by atoms with E-state index in [1.807, 2.05) is 42.5 Å². The van der Waals surface area contributed by atoms with Gasteiger partial charge in [-0.3, -0.25) is 9.78 Å². The second kappa shape index (κ2) is 5.96. The van der Waals surface area contributed by atoms with Crippen LogP contribution in [0.4, 0.5) is 0 Å². The molecule has 0 bridgehead atoms. The molecule has 0 aliphatic rings. The molecule has 0 radical (unpaired) electrons. The molecule has 24 heavy (non-hydrogen) atoms. The molecule has 1 aromatic carbocycles. The van der Waals surface area contributed by atoms with Gasteiger partial charge in [-0.05, 0) is 24.3 Å². The first-order chi connectivity index (χ1) is 11.8. The number of hydrogen-bond acceptors (Lipinski definition) is 4. The first kappa shape index (κ1) is 14.1. The van der Waals surface area contributed by atoms with Crippen LogP contribution in [0.15, 0.2) is 61.1 Å². The Morgan fingerprint density at radius 3 is 2.96 bits per heavy atom. The minimum Gasteiger partial charge on any atom is -0.351 e. The fourth-order valence-corrected chi connectivity index (χ4v) is 2.46. The highest BCUT2D eigenvalue weighted by atomic mass is 16.1. The van der Waals surface area contributed by atoms with Gasteiger partial charge in [0.2, 0.25) is 0 Å². The molecule has 0 unspecified atom stereocenters. The van der Waals surface area contributed by atoms with E-state index >= 15 is 0 Å². The molecule has 0 aliphatic heterocycles. The van der Waals surface area contributed by atoms with Crippen molar-refractivity contribution in [2.24, 2.45) is 0 Å². The van der Waals surface area contributed by atoms with Crippen LogP contribution in [0.25, 0.3) is 16.6 Å². The zero-order valence-corrected chi connectivity index (χ0v) is 12.7. The van der Waals surface area contributed by atoms with Crippen LogP contribution in [-0.4, -0.2) is 30.9 Å². The molecule has 2 N–H and O–H groups in total. The van der Waals surface area contributed by atoms with Crippen LogP contribution in [0.3, 0.4) is 0 Å². The Morgan fingerprint density at radius 2 is 2.12 bits per heavy atom. The van der Waals surface area contributed by atoms with E-state index in [0.29, 0.717) is 17.9 Å². The van der Waals surface area contributed by atoms with Crippen LogP contribution in [0.5, 0.6) is 0 Å². The lowest BCUT2D eigenvalue weighted by Crippen LogP contribution is -2.23. The molecular formula is C17H14N6O. The molecule has 4 aromatic rings. The molecule has 0 saturated carbocycles. The third-order valence-corrected chi connectivity index (χ3v) is 3.66. The quantitative estimate of drug-likeness (QED) is 0.603. The van der Waals surface area contributed by atoms with Crippen LogP contribution < -0.4 is 5.32 Å². The van der Waals surface area contributed by atoms with Gasteiger partial charge < -0.3 is 10.3 Å². The summed E-state index contributed by atoms with van der Waals surface area (Å²) < 4.78 is 1.62. The van der Waals surface area contributed by atoms with Crippen molar-refractivity contribution in [1.29, 1.82) is 0 Å². The van der Waals surface area contributed by atoms with Crippen molar-refractivity contribution in [3.05, 3.63) is 72.4 Å². The van der Waals surface area contributed by atoms with Gasteiger partial charge in [0.25, 0.3) is 5.91 Å². The average molecular weight is 318 g/mol. The number of carbonyl (C=O) groups excluding carboxylic acids is 1. The summed E-state index contributed by atoms with van der Waals surface area (Å²) in [5, 5.41) is 11.9. The number of aromatic amines is 1. The van der Waals surface area contributed by atoms with E-state index in [1.54, 1.807) is 23.3 Å². The molecule has 0 fully saturated rings. The standard InChI is InChI=1S/C17H14N6O/c24-17(16-8-12-4-1-2-6-15(12)20-16)19-9-13-11-23(22-21-13)14-5-3-7-18-10-14/h1-8,10-11,20H,9H2,(H,19,24). The van der Waals surface area contributed by atoms with E-state index in [1.165, 1.54) is 0 Å². The van der Waals surface area contributed by atoms with Crippen LogP contribution in [0.1, 0.15) is 16.2 Å². The number of pyridine rings is 1.